The number of amides is 1. The van der Waals surface area contributed by atoms with Gasteiger partial charge in [-0.25, -0.2) is 4.98 Å². The van der Waals surface area contributed by atoms with Gasteiger partial charge in [-0.1, -0.05) is 71.7 Å². The molecule has 0 unspecified atom stereocenters. The number of carbonyl (C=O) groups is 1. The molecule has 1 N–H and O–H groups in total. The summed E-state index contributed by atoms with van der Waals surface area (Å²) in [7, 11) is 0. The Morgan fingerprint density at radius 1 is 0.889 bits per heavy atom. The highest BCUT2D eigenvalue weighted by molar-refractivity contribution is 6.34. The first kappa shape index (κ1) is 23.8. The minimum absolute atomic E-state index is 0.173. The molecule has 178 valence electrons. The lowest BCUT2D eigenvalue weighted by molar-refractivity contribution is 0.102. The third-order valence-electron chi connectivity index (χ3n) is 5.99. The van der Waals surface area contributed by atoms with Crippen molar-refractivity contribution in [2.24, 2.45) is 0 Å². The molecule has 1 amide bonds. The fraction of sp³-hybridized carbons (Fsp3) is 0.0690. The van der Waals surface area contributed by atoms with Crippen molar-refractivity contribution in [3.63, 3.8) is 0 Å². The Kier molecular flexibility index (Phi) is 6.59. The zero-order valence-electron chi connectivity index (χ0n) is 19.3. The highest BCUT2D eigenvalue weighted by Crippen LogP contribution is 2.23. The van der Waals surface area contributed by atoms with E-state index >= 15 is 0 Å². The maximum atomic E-state index is 13.4. The van der Waals surface area contributed by atoms with E-state index in [2.05, 4.69) is 10.3 Å². The quantitative estimate of drug-likeness (QED) is 0.275. The summed E-state index contributed by atoms with van der Waals surface area (Å²) in [5.74, 6) is 0.267. The molecule has 1 aromatic heterocycles. The second kappa shape index (κ2) is 9.97. The summed E-state index contributed by atoms with van der Waals surface area (Å²) in [6.07, 6.45) is 0. The van der Waals surface area contributed by atoms with E-state index in [4.69, 9.17) is 23.2 Å². The lowest BCUT2D eigenvalue weighted by Gasteiger charge is -2.13. The smallest absolute Gasteiger partial charge is 0.261 e. The second-order valence-corrected chi connectivity index (χ2v) is 9.26. The molecule has 4 aromatic carbocycles. The summed E-state index contributed by atoms with van der Waals surface area (Å²) in [6.45, 7) is 2.20. The molecule has 5 rings (SSSR count). The van der Waals surface area contributed by atoms with E-state index in [-0.39, 0.29) is 11.5 Å². The standard InChI is InChI=1S/C29H21Cl2N3O2/c1-18-32-27-15-14-23(33-28(35)24-4-2-3-5-26(24)31)16-25(27)29(36)34(18)17-19-6-8-20(9-7-19)21-10-12-22(30)13-11-21/h2-16H,17H2,1H3,(H,33,35). The van der Waals surface area contributed by atoms with Gasteiger partial charge in [0.2, 0.25) is 0 Å². The molecule has 5 aromatic rings. The topological polar surface area (TPSA) is 64.0 Å². The number of rotatable bonds is 5. The molecule has 0 aliphatic heterocycles. The molecule has 0 atom stereocenters. The van der Waals surface area contributed by atoms with Crippen LogP contribution in [0.15, 0.2) is 95.8 Å². The van der Waals surface area contributed by atoms with E-state index in [1.807, 2.05) is 55.5 Å². The molecule has 0 aliphatic carbocycles. The van der Waals surface area contributed by atoms with Gasteiger partial charge in [0.1, 0.15) is 5.82 Å². The average molecular weight is 514 g/mol. The number of aromatic nitrogens is 2. The van der Waals surface area contributed by atoms with Crippen LogP contribution in [0.5, 0.6) is 0 Å². The van der Waals surface area contributed by atoms with Crippen LogP contribution in [0.3, 0.4) is 0 Å². The van der Waals surface area contributed by atoms with E-state index in [1.54, 1.807) is 47.0 Å². The first-order chi connectivity index (χ1) is 17.4. The van der Waals surface area contributed by atoms with Crippen LogP contribution in [0, 0.1) is 6.92 Å². The molecular formula is C29H21Cl2N3O2. The molecule has 1 heterocycles. The molecule has 0 radical (unpaired) electrons. The molecule has 0 aliphatic rings. The molecule has 0 saturated heterocycles. The summed E-state index contributed by atoms with van der Waals surface area (Å²) < 4.78 is 1.64. The van der Waals surface area contributed by atoms with Crippen LogP contribution >= 0.6 is 23.2 Å². The number of halogens is 2. The number of benzene rings is 4. The van der Waals surface area contributed by atoms with Gasteiger partial charge in [-0.15, -0.1) is 0 Å². The monoisotopic (exact) mass is 513 g/mol. The summed E-state index contributed by atoms with van der Waals surface area (Å²) in [4.78, 5) is 30.7. The number of fused-ring (bicyclic) bond motifs is 1. The van der Waals surface area contributed by atoms with Gasteiger partial charge in [-0.05, 0) is 66.1 Å². The third-order valence-corrected chi connectivity index (χ3v) is 6.58. The largest absolute Gasteiger partial charge is 0.322 e. The fourth-order valence-electron chi connectivity index (χ4n) is 4.07. The van der Waals surface area contributed by atoms with E-state index in [0.717, 1.165) is 16.7 Å². The Hall–Kier alpha value is -3.93. The Labute approximate surface area is 218 Å². The third kappa shape index (κ3) is 4.89. The van der Waals surface area contributed by atoms with Gasteiger partial charge in [0.25, 0.3) is 11.5 Å². The van der Waals surface area contributed by atoms with Crippen LogP contribution in [0.25, 0.3) is 22.0 Å². The van der Waals surface area contributed by atoms with Gasteiger partial charge in [-0.3, -0.25) is 14.2 Å². The lowest BCUT2D eigenvalue weighted by Crippen LogP contribution is -2.24. The van der Waals surface area contributed by atoms with Crippen molar-refractivity contribution in [3.05, 3.63) is 128 Å². The Morgan fingerprint density at radius 3 is 2.25 bits per heavy atom. The number of hydrogen-bond donors (Lipinski definition) is 1. The first-order valence-corrected chi connectivity index (χ1v) is 12.1. The van der Waals surface area contributed by atoms with E-state index in [9.17, 15) is 9.59 Å². The fourth-order valence-corrected chi connectivity index (χ4v) is 4.41. The SMILES string of the molecule is Cc1nc2ccc(NC(=O)c3ccccc3Cl)cc2c(=O)n1Cc1ccc(-c2ccc(Cl)cc2)cc1. The maximum absolute atomic E-state index is 13.4. The minimum Gasteiger partial charge on any atom is -0.322 e. The number of aryl methyl sites for hydroxylation is 1. The lowest BCUT2D eigenvalue weighted by atomic mass is 10.0. The van der Waals surface area contributed by atoms with Gasteiger partial charge in [0.05, 0.1) is 28.0 Å². The summed E-state index contributed by atoms with van der Waals surface area (Å²) in [6, 6.07) is 27.6. The Morgan fingerprint density at radius 2 is 1.56 bits per heavy atom. The maximum Gasteiger partial charge on any atom is 0.261 e. The number of carbonyl (C=O) groups excluding carboxylic acids is 1. The average Bonchev–Trinajstić information content (AvgIpc) is 2.88. The van der Waals surface area contributed by atoms with Gasteiger partial charge in [0, 0.05) is 10.7 Å². The number of anilines is 1. The second-order valence-electron chi connectivity index (χ2n) is 8.42. The zero-order valence-corrected chi connectivity index (χ0v) is 20.8. The van der Waals surface area contributed by atoms with E-state index in [0.29, 0.717) is 44.6 Å². The predicted octanol–water partition coefficient (Wildman–Crippen LogP) is 6.98. The predicted molar refractivity (Wildman–Crippen MR) is 146 cm³/mol. The van der Waals surface area contributed by atoms with Crippen molar-refractivity contribution in [2.75, 3.05) is 5.32 Å². The molecular weight excluding hydrogens is 493 g/mol. The van der Waals surface area contributed by atoms with Crippen LogP contribution in [0.1, 0.15) is 21.7 Å². The number of hydrogen-bond acceptors (Lipinski definition) is 3. The first-order valence-electron chi connectivity index (χ1n) is 11.3. The van der Waals surface area contributed by atoms with Crippen molar-refractivity contribution in [3.8, 4) is 11.1 Å². The van der Waals surface area contributed by atoms with Crippen molar-refractivity contribution in [1.29, 1.82) is 0 Å². The van der Waals surface area contributed by atoms with E-state index < -0.39 is 0 Å². The van der Waals surface area contributed by atoms with Crippen molar-refractivity contribution in [1.82, 2.24) is 9.55 Å². The molecule has 0 saturated carbocycles. The van der Waals surface area contributed by atoms with Gasteiger partial charge >= 0.3 is 0 Å². The van der Waals surface area contributed by atoms with Crippen LogP contribution in [-0.4, -0.2) is 15.5 Å². The molecule has 0 bridgehead atoms. The normalized spacial score (nSPS) is 11.0. The number of nitrogens with one attached hydrogen (secondary N) is 1. The highest BCUT2D eigenvalue weighted by atomic mass is 35.5. The summed E-state index contributed by atoms with van der Waals surface area (Å²) in [5.41, 5.74) is 4.36. The van der Waals surface area contributed by atoms with Crippen LogP contribution < -0.4 is 10.9 Å². The Bertz CT molecular complexity index is 1640. The van der Waals surface area contributed by atoms with Crippen LogP contribution in [0.4, 0.5) is 5.69 Å². The van der Waals surface area contributed by atoms with Crippen molar-refractivity contribution < 1.29 is 4.79 Å². The summed E-state index contributed by atoms with van der Waals surface area (Å²) >= 11 is 12.1. The van der Waals surface area contributed by atoms with Gasteiger partial charge in [-0.2, -0.15) is 0 Å². The number of nitrogens with zero attached hydrogens (tertiary/aromatic N) is 2. The van der Waals surface area contributed by atoms with Gasteiger partial charge < -0.3 is 5.32 Å². The summed E-state index contributed by atoms with van der Waals surface area (Å²) in [5, 5.41) is 4.30. The van der Waals surface area contributed by atoms with Crippen molar-refractivity contribution in [2.45, 2.75) is 13.5 Å². The van der Waals surface area contributed by atoms with E-state index in [1.165, 1.54) is 0 Å². The van der Waals surface area contributed by atoms with Crippen molar-refractivity contribution >= 4 is 45.7 Å². The van der Waals surface area contributed by atoms with Gasteiger partial charge in [0.15, 0.2) is 0 Å². The molecule has 7 heteroatoms. The minimum atomic E-state index is -0.346. The molecule has 36 heavy (non-hydrogen) atoms. The Balaban J connectivity index is 1.42. The molecule has 0 fully saturated rings. The highest BCUT2D eigenvalue weighted by Gasteiger charge is 2.13. The zero-order chi connectivity index (χ0) is 25.2. The molecule has 5 nitrogen and oxygen atoms in total. The van der Waals surface area contributed by atoms with Crippen LogP contribution in [0.2, 0.25) is 10.0 Å². The van der Waals surface area contributed by atoms with Crippen LogP contribution in [-0.2, 0) is 6.54 Å². The molecule has 0 spiro atoms.